The van der Waals surface area contributed by atoms with Gasteiger partial charge in [0.2, 0.25) is 0 Å². The molecule has 0 saturated carbocycles. The van der Waals surface area contributed by atoms with Crippen molar-refractivity contribution in [2.45, 2.75) is 26.9 Å². The molecule has 0 bridgehead atoms. The maximum absolute atomic E-state index is 9.39. The Morgan fingerprint density at radius 2 is 1.64 bits per heavy atom. The summed E-state index contributed by atoms with van der Waals surface area (Å²) in [6.07, 6.45) is -0.351. The molecule has 0 fully saturated rings. The normalized spacial score (nSPS) is 13.1. The van der Waals surface area contributed by atoms with Crippen LogP contribution >= 0.6 is 0 Å². The number of aryl methyl sites for hydroxylation is 2. The van der Waals surface area contributed by atoms with E-state index in [-0.39, 0.29) is 6.10 Å². The first kappa shape index (κ1) is 8.28. The summed E-state index contributed by atoms with van der Waals surface area (Å²) in [7, 11) is 0. The summed E-state index contributed by atoms with van der Waals surface area (Å²) >= 11 is 0. The summed E-state index contributed by atoms with van der Waals surface area (Å²) in [4.78, 5) is 0. The number of aliphatic hydroxyl groups is 1. The minimum Gasteiger partial charge on any atom is -0.389 e. The lowest BCUT2D eigenvalue weighted by molar-refractivity contribution is 0.198. The molecule has 0 aliphatic heterocycles. The second-order valence-electron chi connectivity index (χ2n) is 2.98. The minimum atomic E-state index is -0.351. The van der Waals surface area contributed by atoms with Crippen molar-refractivity contribution in [3.8, 4) is 0 Å². The zero-order valence-corrected chi connectivity index (χ0v) is 7.26. The lowest BCUT2D eigenvalue weighted by Crippen LogP contribution is -1.97. The third-order valence-electron chi connectivity index (χ3n) is 1.96. The first-order chi connectivity index (χ1) is 5.13. The van der Waals surface area contributed by atoms with Crippen LogP contribution in [0.25, 0.3) is 0 Å². The molecule has 0 amide bonds. The van der Waals surface area contributed by atoms with Crippen LogP contribution in [-0.4, -0.2) is 5.11 Å². The Kier molecular flexibility index (Phi) is 2.30. The van der Waals surface area contributed by atoms with Crippen molar-refractivity contribution in [3.05, 3.63) is 34.9 Å². The average Bonchev–Trinajstić information content (AvgIpc) is 1.85. The van der Waals surface area contributed by atoms with Crippen LogP contribution in [0.1, 0.15) is 29.7 Å². The molecule has 0 aromatic heterocycles. The van der Waals surface area contributed by atoms with Crippen LogP contribution in [-0.2, 0) is 0 Å². The zero-order chi connectivity index (χ0) is 8.43. The molecular weight excluding hydrogens is 136 g/mol. The van der Waals surface area contributed by atoms with E-state index in [9.17, 15) is 5.11 Å². The molecule has 11 heavy (non-hydrogen) atoms. The topological polar surface area (TPSA) is 20.2 Å². The molecule has 1 aromatic rings. The maximum Gasteiger partial charge on any atom is 0.0767 e. The summed E-state index contributed by atoms with van der Waals surface area (Å²) in [5, 5.41) is 9.39. The number of benzene rings is 1. The van der Waals surface area contributed by atoms with Gasteiger partial charge >= 0.3 is 0 Å². The van der Waals surface area contributed by atoms with Gasteiger partial charge in [0.1, 0.15) is 0 Å². The number of rotatable bonds is 1. The third kappa shape index (κ3) is 1.60. The molecule has 1 N–H and O–H groups in total. The van der Waals surface area contributed by atoms with Crippen molar-refractivity contribution in [1.82, 2.24) is 0 Å². The number of hydrogen-bond donors (Lipinski definition) is 1. The predicted octanol–water partition coefficient (Wildman–Crippen LogP) is 2.36. The summed E-state index contributed by atoms with van der Waals surface area (Å²) in [5.41, 5.74) is 3.40. The quantitative estimate of drug-likeness (QED) is 0.651. The highest BCUT2D eigenvalue weighted by atomic mass is 16.3. The molecule has 0 aliphatic rings. The van der Waals surface area contributed by atoms with Gasteiger partial charge in [-0.1, -0.05) is 18.2 Å². The van der Waals surface area contributed by atoms with E-state index in [4.69, 9.17) is 0 Å². The lowest BCUT2D eigenvalue weighted by Gasteiger charge is -2.11. The Labute approximate surface area is 67.7 Å². The molecule has 1 atom stereocenters. The second kappa shape index (κ2) is 3.05. The van der Waals surface area contributed by atoms with Crippen LogP contribution in [0.4, 0.5) is 0 Å². The first-order valence-corrected chi connectivity index (χ1v) is 3.87. The van der Waals surface area contributed by atoms with Crippen LogP contribution < -0.4 is 0 Å². The van der Waals surface area contributed by atoms with Gasteiger partial charge in [0.05, 0.1) is 6.10 Å². The monoisotopic (exact) mass is 150 g/mol. The predicted molar refractivity (Wildman–Crippen MR) is 46.5 cm³/mol. The fraction of sp³-hybridized carbons (Fsp3) is 0.400. The fourth-order valence-electron chi connectivity index (χ4n) is 1.49. The Hall–Kier alpha value is -0.820. The Balaban J connectivity index is 3.21. The van der Waals surface area contributed by atoms with Crippen LogP contribution in [0, 0.1) is 13.8 Å². The van der Waals surface area contributed by atoms with Gasteiger partial charge in [-0.3, -0.25) is 0 Å². The SMILES string of the molecule is Cc1cccc(C)c1[C@H](C)O. The molecule has 1 heteroatoms. The van der Waals surface area contributed by atoms with Gasteiger partial charge in [0.15, 0.2) is 0 Å². The molecule has 1 nitrogen and oxygen atoms in total. The van der Waals surface area contributed by atoms with Crippen LogP contribution in [0.2, 0.25) is 0 Å². The van der Waals surface area contributed by atoms with E-state index in [0.717, 1.165) is 5.56 Å². The summed E-state index contributed by atoms with van der Waals surface area (Å²) in [6.45, 7) is 5.85. The highest BCUT2D eigenvalue weighted by Crippen LogP contribution is 2.20. The number of aliphatic hydroxyl groups excluding tert-OH is 1. The molecule has 60 valence electrons. The molecule has 0 radical (unpaired) electrons. The van der Waals surface area contributed by atoms with E-state index < -0.39 is 0 Å². The Morgan fingerprint density at radius 3 is 1.91 bits per heavy atom. The van der Waals surface area contributed by atoms with Gasteiger partial charge < -0.3 is 5.11 Å². The first-order valence-electron chi connectivity index (χ1n) is 3.87. The molecule has 0 aliphatic carbocycles. The zero-order valence-electron chi connectivity index (χ0n) is 7.26. The lowest BCUT2D eigenvalue weighted by atomic mass is 9.99. The molecule has 0 unspecified atom stereocenters. The van der Waals surface area contributed by atoms with E-state index >= 15 is 0 Å². The Morgan fingerprint density at radius 1 is 1.18 bits per heavy atom. The molecule has 0 spiro atoms. The van der Waals surface area contributed by atoms with E-state index in [1.807, 2.05) is 32.0 Å². The highest BCUT2D eigenvalue weighted by Gasteiger charge is 2.06. The Bertz CT molecular complexity index is 231. The van der Waals surface area contributed by atoms with Crippen LogP contribution in [0.3, 0.4) is 0 Å². The van der Waals surface area contributed by atoms with Crippen molar-refractivity contribution < 1.29 is 5.11 Å². The van der Waals surface area contributed by atoms with Crippen molar-refractivity contribution >= 4 is 0 Å². The smallest absolute Gasteiger partial charge is 0.0767 e. The van der Waals surface area contributed by atoms with E-state index in [1.165, 1.54) is 11.1 Å². The van der Waals surface area contributed by atoms with Gasteiger partial charge in [0.25, 0.3) is 0 Å². The van der Waals surface area contributed by atoms with Gasteiger partial charge in [0, 0.05) is 0 Å². The second-order valence-corrected chi connectivity index (χ2v) is 2.98. The molecule has 0 saturated heterocycles. The van der Waals surface area contributed by atoms with E-state index in [0.29, 0.717) is 0 Å². The maximum atomic E-state index is 9.39. The fourth-order valence-corrected chi connectivity index (χ4v) is 1.49. The third-order valence-corrected chi connectivity index (χ3v) is 1.96. The summed E-state index contributed by atoms with van der Waals surface area (Å²) in [5.74, 6) is 0. The van der Waals surface area contributed by atoms with E-state index in [2.05, 4.69) is 0 Å². The van der Waals surface area contributed by atoms with Gasteiger partial charge in [-0.25, -0.2) is 0 Å². The van der Waals surface area contributed by atoms with Gasteiger partial charge in [-0.15, -0.1) is 0 Å². The van der Waals surface area contributed by atoms with E-state index in [1.54, 1.807) is 6.92 Å². The highest BCUT2D eigenvalue weighted by molar-refractivity contribution is 5.34. The molecule has 0 heterocycles. The van der Waals surface area contributed by atoms with Crippen molar-refractivity contribution in [1.29, 1.82) is 0 Å². The minimum absolute atomic E-state index is 0.351. The van der Waals surface area contributed by atoms with Crippen LogP contribution in [0.15, 0.2) is 18.2 Å². The van der Waals surface area contributed by atoms with Crippen molar-refractivity contribution in [2.24, 2.45) is 0 Å². The van der Waals surface area contributed by atoms with Gasteiger partial charge in [-0.2, -0.15) is 0 Å². The summed E-state index contributed by atoms with van der Waals surface area (Å²) < 4.78 is 0. The average molecular weight is 150 g/mol. The van der Waals surface area contributed by atoms with Gasteiger partial charge in [-0.05, 0) is 37.5 Å². The van der Waals surface area contributed by atoms with Crippen LogP contribution in [0.5, 0.6) is 0 Å². The summed E-state index contributed by atoms with van der Waals surface area (Å²) in [6, 6.07) is 6.06. The standard InChI is InChI=1S/C10H14O/c1-7-5-4-6-8(2)10(7)9(3)11/h4-6,9,11H,1-3H3/t9-/m0/s1. The van der Waals surface area contributed by atoms with Crippen molar-refractivity contribution in [2.75, 3.05) is 0 Å². The largest absolute Gasteiger partial charge is 0.389 e. The van der Waals surface area contributed by atoms with Crippen molar-refractivity contribution in [3.63, 3.8) is 0 Å². The molecular formula is C10H14O. The molecule has 1 aromatic carbocycles. The number of hydrogen-bond acceptors (Lipinski definition) is 1. The molecule has 1 rings (SSSR count).